The van der Waals surface area contributed by atoms with Crippen LogP contribution in [0, 0.1) is 5.92 Å². The lowest BCUT2D eigenvalue weighted by Crippen LogP contribution is -2.24. The maximum atomic E-state index is 11.8. The Morgan fingerprint density at radius 2 is 2.00 bits per heavy atom. The minimum absolute atomic E-state index is 0.0362. The lowest BCUT2D eigenvalue weighted by Gasteiger charge is -2.21. The van der Waals surface area contributed by atoms with Crippen LogP contribution in [0.4, 0.5) is 0 Å². The predicted octanol–water partition coefficient (Wildman–Crippen LogP) is 4.51. The van der Waals surface area contributed by atoms with Gasteiger partial charge in [0.1, 0.15) is 0 Å². The smallest absolute Gasteiger partial charge is 0.309 e. The average molecular weight is 396 g/mol. The molecule has 4 heteroatoms. The van der Waals surface area contributed by atoms with Crippen molar-refractivity contribution in [2.75, 3.05) is 6.61 Å². The molecule has 1 fully saturated rings. The third-order valence-corrected chi connectivity index (χ3v) is 5.23. The van der Waals surface area contributed by atoms with Gasteiger partial charge in [-0.15, -0.1) is 0 Å². The Labute approximate surface area is 137 Å². The number of ether oxygens (including phenoxy) is 2. The summed E-state index contributed by atoms with van der Waals surface area (Å²) in [6.45, 7) is 6.73. The molecular weight excluding hydrogens is 367 g/mol. The molecule has 0 aromatic heterocycles. The van der Waals surface area contributed by atoms with Crippen LogP contribution in [0.2, 0.25) is 0 Å². The first-order chi connectivity index (χ1) is 9.58. The van der Waals surface area contributed by atoms with E-state index < -0.39 is 0 Å². The normalized spacial score (nSPS) is 27.5. The highest BCUT2D eigenvalue weighted by atomic mass is 127. The molecular formula is C16H29IO3. The summed E-state index contributed by atoms with van der Waals surface area (Å²) >= 11 is 2.42. The van der Waals surface area contributed by atoms with Crippen LogP contribution in [0.3, 0.4) is 0 Å². The third-order valence-electron chi connectivity index (χ3n) is 3.92. The number of carbonyl (C=O) groups excluding carboxylic acids is 1. The molecule has 0 bridgehead atoms. The molecule has 4 unspecified atom stereocenters. The summed E-state index contributed by atoms with van der Waals surface area (Å²) in [4.78, 5) is 11.8. The van der Waals surface area contributed by atoms with Gasteiger partial charge in [-0.05, 0) is 33.1 Å². The highest BCUT2D eigenvalue weighted by molar-refractivity contribution is 14.1. The van der Waals surface area contributed by atoms with Gasteiger partial charge in [0.25, 0.3) is 0 Å². The Morgan fingerprint density at radius 3 is 2.65 bits per heavy atom. The van der Waals surface area contributed by atoms with Gasteiger partial charge in [0, 0.05) is 3.92 Å². The van der Waals surface area contributed by atoms with Crippen molar-refractivity contribution in [2.45, 2.75) is 81.8 Å². The van der Waals surface area contributed by atoms with Crippen LogP contribution in [-0.4, -0.2) is 28.7 Å². The van der Waals surface area contributed by atoms with Crippen molar-refractivity contribution in [3.05, 3.63) is 0 Å². The number of esters is 1. The van der Waals surface area contributed by atoms with Crippen molar-refractivity contribution in [1.29, 1.82) is 0 Å². The minimum Gasteiger partial charge on any atom is -0.466 e. The van der Waals surface area contributed by atoms with Crippen LogP contribution in [-0.2, 0) is 14.3 Å². The van der Waals surface area contributed by atoms with Crippen LogP contribution < -0.4 is 0 Å². The fraction of sp³-hybridized carbons (Fsp3) is 0.938. The number of hydrogen-bond acceptors (Lipinski definition) is 3. The zero-order valence-electron chi connectivity index (χ0n) is 13.1. The van der Waals surface area contributed by atoms with Crippen LogP contribution in [0.5, 0.6) is 0 Å². The Kier molecular flexibility index (Phi) is 9.09. The Balaban J connectivity index is 2.27. The zero-order valence-corrected chi connectivity index (χ0v) is 15.2. The minimum atomic E-state index is -0.0455. The van der Waals surface area contributed by atoms with Gasteiger partial charge in [-0.1, -0.05) is 55.2 Å². The second-order valence-electron chi connectivity index (χ2n) is 5.77. The summed E-state index contributed by atoms with van der Waals surface area (Å²) in [5, 5.41) is 0. The van der Waals surface area contributed by atoms with Crippen LogP contribution in [0.1, 0.15) is 65.7 Å². The van der Waals surface area contributed by atoms with Gasteiger partial charge < -0.3 is 9.47 Å². The topological polar surface area (TPSA) is 35.5 Å². The van der Waals surface area contributed by atoms with Crippen molar-refractivity contribution in [1.82, 2.24) is 0 Å². The van der Waals surface area contributed by atoms with Crippen molar-refractivity contribution in [3.63, 3.8) is 0 Å². The summed E-state index contributed by atoms with van der Waals surface area (Å²) in [6, 6.07) is 0. The third kappa shape index (κ3) is 6.29. The quantitative estimate of drug-likeness (QED) is 0.249. The Morgan fingerprint density at radius 1 is 1.25 bits per heavy atom. The molecule has 1 aliphatic rings. The van der Waals surface area contributed by atoms with Gasteiger partial charge in [-0.25, -0.2) is 0 Å². The molecule has 4 atom stereocenters. The maximum absolute atomic E-state index is 11.8. The molecule has 0 aliphatic heterocycles. The summed E-state index contributed by atoms with van der Waals surface area (Å²) in [6.07, 6.45) is 8.50. The highest BCUT2D eigenvalue weighted by Crippen LogP contribution is 2.35. The number of hydrogen-bond donors (Lipinski definition) is 0. The maximum Gasteiger partial charge on any atom is 0.309 e. The molecule has 3 nitrogen and oxygen atoms in total. The first-order valence-corrected chi connectivity index (χ1v) is 9.29. The van der Waals surface area contributed by atoms with E-state index in [0.29, 0.717) is 16.6 Å². The number of carbonyl (C=O) groups is 1. The highest BCUT2D eigenvalue weighted by Gasteiger charge is 2.38. The van der Waals surface area contributed by atoms with Crippen LogP contribution >= 0.6 is 22.6 Å². The molecule has 0 aromatic rings. The molecule has 20 heavy (non-hydrogen) atoms. The van der Waals surface area contributed by atoms with E-state index >= 15 is 0 Å². The van der Waals surface area contributed by atoms with E-state index in [1.165, 1.54) is 25.7 Å². The SMILES string of the molecule is CCCCCCC(C)OC1CC(C(=O)OCC)CC1I. The van der Waals surface area contributed by atoms with Crippen LogP contribution in [0.25, 0.3) is 0 Å². The zero-order chi connectivity index (χ0) is 15.0. The lowest BCUT2D eigenvalue weighted by atomic mass is 10.1. The Hall–Kier alpha value is 0.160. The Bertz CT molecular complexity index is 283. The molecule has 0 saturated heterocycles. The van der Waals surface area contributed by atoms with Gasteiger partial charge in [0.05, 0.1) is 24.7 Å². The molecule has 1 saturated carbocycles. The van der Waals surface area contributed by atoms with E-state index in [-0.39, 0.29) is 18.0 Å². The molecule has 0 aromatic carbocycles. The fourth-order valence-corrected chi connectivity index (χ4v) is 3.84. The van der Waals surface area contributed by atoms with Gasteiger partial charge in [-0.2, -0.15) is 0 Å². The predicted molar refractivity (Wildman–Crippen MR) is 90.3 cm³/mol. The first kappa shape index (κ1) is 18.2. The van der Waals surface area contributed by atoms with E-state index in [1.54, 1.807) is 0 Å². The van der Waals surface area contributed by atoms with Gasteiger partial charge in [-0.3, -0.25) is 4.79 Å². The molecule has 0 heterocycles. The van der Waals surface area contributed by atoms with Gasteiger partial charge in [0.15, 0.2) is 0 Å². The number of unbranched alkanes of at least 4 members (excludes halogenated alkanes) is 3. The van der Waals surface area contributed by atoms with Gasteiger partial charge in [0.2, 0.25) is 0 Å². The van der Waals surface area contributed by atoms with E-state index in [2.05, 4.69) is 36.4 Å². The van der Waals surface area contributed by atoms with E-state index in [0.717, 1.165) is 19.3 Å². The standard InChI is InChI=1S/C16H29IO3/c1-4-6-7-8-9-12(3)20-15-11-13(10-14(15)17)16(18)19-5-2/h12-15H,4-11H2,1-3H3. The summed E-state index contributed by atoms with van der Waals surface area (Å²) in [5.41, 5.74) is 0. The molecule has 0 N–H and O–H groups in total. The second kappa shape index (κ2) is 9.98. The van der Waals surface area contributed by atoms with Crippen molar-refractivity contribution >= 4 is 28.6 Å². The molecule has 1 aliphatic carbocycles. The average Bonchev–Trinajstić information content (AvgIpc) is 2.77. The summed E-state index contributed by atoms with van der Waals surface area (Å²) in [7, 11) is 0. The summed E-state index contributed by atoms with van der Waals surface area (Å²) < 4.78 is 11.7. The first-order valence-electron chi connectivity index (χ1n) is 8.04. The number of halogens is 1. The molecule has 0 radical (unpaired) electrons. The molecule has 0 spiro atoms. The fourth-order valence-electron chi connectivity index (χ4n) is 2.77. The van der Waals surface area contributed by atoms with Gasteiger partial charge >= 0.3 is 5.97 Å². The monoisotopic (exact) mass is 396 g/mol. The second-order valence-corrected chi connectivity index (χ2v) is 7.37. The van der Waals surface area contributed by atoms with Crippen molar-refractivity contribution in [3.8, 4) is 0 Å². The van der Waals surface area contributed by atoms with Crippen molar-refractivity contribution < 1.29 is 14.3 Å². The van der Waals surface area contributed by atoms with Crippen LogP contribution in [0.15, 0.2) is 0 Å². The molecule has 1 rings (SSSR count). The van der Waals surface area contributed by atoms with Crippen molar-refractivity contribution in [2.24, 2.45) is 5.92 Å². The van der Waals surface area contributed by atoms with E-state index in [4.69, 9.17) is 9.47 Å². The lowest BCUT2D eigenvalue weighted by molar-refractivity contribution is -0.148. The molecule has 0 amide bonds. The largest absolute Gasteiger partial charge is 0.466 e. The number of rotatable bonds is 9. The summed E-state index contributed by atoms with van der Waals surface area (Å²) in [5.74, 6) is -0.00925. The molecule has 118 valence electrons. The van der Waals surface area contributed by atoms with E-state index in [1.807, 2.05) is 6.92 Å². The van der Waals surface area contributed by atoms with E-state index in [9.17, 15) is 4.79 Å². The number of alkyl halides is 1.